The van der Waals surface area contributed by atoms with Crippen LogP contribution in [0, 0.1) is 0 Å². The van der Waals surface area contributed by atoms with E-state index < -0.39 is 11.7 Å². The van der Waals surface area contributed by atoms with Crippen LogP contribution in [0.5, 0.6) is 11.8 Å². The number of nitrogens with one attached hydrogen (secondary N) is 2. The zero-order chi connectivity index (χ0) is 25.6. The SMILES string of the molecule is COc1ccc2ccc(=O)n(CC(O)C34CCC(NCc5ccc6c(n5)OC(=O)CN6)(CC3)CO4)c2n1. The Labute approximate surface area is 212 Å². The first kappa shape index (κ1) is 23.8. The van der Waals surface area contributed by atoms with Crippen LogP contribution in [-0.4, -0.2) is 63.1 Å². The molecule has 11 nitrogen and oxygen atoms in total. The van der Waals surface area contributed by atoms with Gasteiger partial charge < -0.3 is 30.0 Å². The molecule has 0 amide bonds. The zero-order valence-electron chi connectivity index (χ0n) is 20.5. The smallest absolute Gasteiger partial charge is 0.332 e. The second-order valence-electron chi connectivity index (χ2n) is 10.0. The number of fused-ring (bicyclic) bond motifs is 5. The molecule has 3 aromatic heterocycles. The molecule has 7 rings (SSSR count). The summed E-state index contributed by atoms with van der Waals surface area (Å²) in [4.78, 5) is 33.2. The molecule has 6 heterocycles. The monoisotopic (exact) mass is 507 g/mol. The van der Waals surface area contributed by atoms with Gasteiger partial charge in [-0.15, -0.1) is 0 Å². The van der Waals surface area contributed by atoms with Gasteiger partial charge in [-0.25, -0.2) is 9.78 Å². The lowest BCUT2D eigenvalue weighted by molar-refractivity contribution is -0.211. The molecule has 1 saturated carbocycles. The summed E-state index contributed by atoms with van der Waals surface area (Å²) < 4.78 is 18.3. The van der Waals surface area contributed by atoms with E-state index >= 15 is 0 Å². The van der Waals surface area contributed by atoms with Crippen LogP contribution >= 0.6 is 0 Å². The second-order valence-corrected chi connectivity index (χ2v) is 10.0. The Kier molecular flexibility index (Phi) is 5.85. The molecule has 37 heavy (non-hydrogen) atoms. The number of anilines is 1. The molecule has 0 aromatic carbocycles. The van der Waals surface area contributed by atoms with Crippen LogP contribution in [0.25, 0.3) is 11.0 Å². The van der Waals surface area contributed by atoms with Crippen LogP contribution in [0.15, 0.2) is 41.2 Å². The van der Waals surface area contributed by atoms with Gasteiger partial charge in [0, 0.05) is 29.6 Å². The van der Waals surface area contributed by atoms with E-state index in [2.05, 4.69) is 20.6 Å². The number of rotatable bonds is 7. The minimum atomic E-state index is -0.869. The summed E-state index contributed by atoms with van der Waals surface area (Å²) in [6, 6.07) is 10.6. The largest absolute Gasteiger partial charge is 0.481 e. The van der Waals surface area contributed by atoms with Gasteiger partial charge >= 0.3 is 5.97 Å². The van der Waals surface area contributed by atoms with Crippen LogP contribution in [-0.2, 0) is 22.6 Å². The first-order chi connectivity index (χ1) is 17.9. The second kappa shape index (κ2) is 9.09. The van der Waals surface area contributed by atoms with Gasteiger partial charge in [0.15, 0.2) is 0 Å². The number of pyridine rings is 3. The lowest BCUT2D eigenvalue weighted by Crippen LogP contribution is -2.65. The fourth-order valence-corrected chi connectivity index (χ4v) is 5.53. The number of aromatic nitrogens is 3. The van der Waals surface area contributed by atoms with Gasteiger partial charge in [-0.1, -0.05) is 0 Å². The van der Waals surface area contributed by atoms with E-state index in [4.69, 9.17) is 14.2 Å². The summed E-state index contributed by atoms with van der Waals surface area (Å²) in [6.45, 7) is 1.17. The Hall–Kier alpha value is -3.54. The van der Waals surface area contributed by atoms with Crippen molar-refractivity contribution in [1.82, 2.24) is 19.9 Å². The van der Waals surface area contributed by atoms with E-state index in [9.17, 15) is 14.7 Å². The predicted molar refractivity (Wildman–Crippen MR) is 134 cm³/mol. The van der Waals surface area contributed by atoms with Crippen molar-refractivity contribution in [2.75, 3.05) is 25.6 Å². The molecule has 1 aliphatic carbocycles. The minimum absolute atomic E-state index is 0.0859. The van der Waals surface area contributed by atoms with Crippen LogP contribution < -0.4 is 25.7 Å². The maximum atomic E-state index is 12.7. The number of methoxy groups -OCH3 is 1. The van der Waals surface area contributed by atoms with Crippen molar-refractivity contribution in [3.05, 3.63) is 52.4 Å². The number of nitrogens with zero attached hydrogens (tertiary/aromatic N) is 3. The summed E-state index contributed by atoms with van der Waals surface area (Å²) in [5.74, 6) is 0.353. The van der Waals surface area contributed by atoms with Gasteiger partial charge in [0.2, 0.25) is 11.8 Å². The van der Waals surface area contributed by atoms with Crippen molar-refractivity contribution in [3.63, 3.8) is 0 Å². The van der Waals surface area contributed by atoms with Crippen molar-refractivity contribution >= 4 is 22.7 Å². The topological polar surface area (TPSA) is 137 Å². The molecule has 0 spiro atoms. The molecular formula is C26H29N5O6. The number of carbonyl (C=O) groups excluding carboxylic acids is 1. The third-order valence-electron chi connectivity index (χ3n) is 7.86. The van der Waals surface area contributed by atoms with Gasteiger partial charge in [0.05, 0.1) is 37.2 Å². The van der Waals surface area contributed by atoms with Crippen LogP contribution in [0.2, 0.25) is 0 Å². The molecule has 3 fully saturated rings. The molecule has 3 aliphatic heterocycles. The Balaban J connectivity index is 1.13. The molecule has 2 bridgehead atoms. The van der Waals surface area contributed by atoms with Crippen molar-refractivity contribution < 1.29 is 24.1 Å². The highest BCUT2D eigenvalue weighted by atomic mass is 16.5. The first-order valence-corrected chi connectivity index (χ1v) is 12.4. The molecule has 4 aliphatic rings. The molecule has 3 N–H and O–H groups in total. The summed E-state index contributed by atoms with van der Waals surface area (Å²) in [6.07, 6.45) is 2.10. The van der Waals surface area contributed by atoms with Crippen molar-refractivity contribution in [1.29, 1.82) is 0 Å². The van der Waals surface area contributed by atoms with Gasteiger partial charge in [0.25, 0.3) is 5.56 Å². The minimum Gasteiger partial charge on any atom is -0.481 e. The lowest BCUT2D eigenvalue weighted by Gasteiger charge is -2.55. The molecule has 1 unspecified atom stereocenters. The average Bonchev–Trinajstić information content (AvgIpc) is 2.94. The summed E-state index contributed by atoms with van der Waals surface area (Å²) in [7, 11) is 1.53. The van der Waals surface area contributed by atoms with Gasteiger partial charge in [-0.2, -0.15) is 4.98 Å². The zero-order valence-corrected chi connectivity index (χ0v) is 20.5. The normalized spacial score (nSPS) is 25.3. The summed E-state index contributed by atoms with van der Waals surface area (Å²) in [5.41, 5.74) is 0.781. The molecule has 11 heteroatoms. The average molecular weight is 508 g/mol. The number of aliphatic hydroxyl groups is 1. The van der Waals surface area contributed by atoms with E-state index in [1.54, 1.807) is 12.1 Å². The van der Waals surface area contributed by atoms with Crippen LogP contribution in [0.3, 0.4) is 0 Å². The first-order valence-electron chi connectivity index (χ1n) is 12.4. The molecular weight excluding hydrogens is 478 g/mol. The quantitative estimate of drug-likeness (QED) is 0.402. The van der Waals surface area contributed by atoms with Crippen molar-refractivity contribution in [2.24, 2.45) is 0 Å². The van der Waals surface area contributed by atoms with E-state index in [1.807, 2.05) is 18.2 Å². The Bertz CT molecular complexity index is 1400. The highest BCUT2D eigenvalue weighted by Gasteiger charge is 2.53. The molecule has 2 saturated heterocycles. The maximum absolute atomic E-state index is 12.7. The predicted octanol–water partition coefficient (Wildman–Crippen LogP) is 1.36. The van der Waals surface area contributed by atoms with E-state index in [1.165, 1.54) is 17.7 Å². The summed E-state index contributed by atoms with van der Waals surface area (Å²) >= 11 is 0. The van der Waals surface area contributed by atoms with Crippen LogP contribution in [0.4, 0.5) is 5.69 Å². The fraction of sp³-hybridized carbons (Fsp3) is 0.462. The number of aliphatic hydroxyl groups excluding tert-OH is 1. The summed E-state index contributed by atoms with van der Waals surface area (Å²) in [5, 5.41) is 18.7. The Morgan fingerprint density at radius 1 is 1.14 bits per heavy atom. The molecule has 0 radical (unpaired) electrons. The molecule has 3 aromatic rings. The van der Waals surface area contributed by atoms with Crippen molar-refractivity contribution in [3.8, 4) is 11.8 Å². The number of esters is 1. The van der Waals surface area contributed by atoms with E-state index in [-0.39, 0.29) is 30.2 Å². The number of hydrogen-bond acceptors (Lipinski definition) is 10. The third kappa shape index (κ3) is 4.32. The number of carbonyl (C=O) groups is 1. The number of ether oxygens (including phenoxy) is 3. The van der Waals surface area contributed by atoms with E-state index in [0.29, 0.717) is 49.1 Å². The fourth-order valence-electron chi connectivity index (χ4n) is 5.53. The highest BCUT2D eigenvalue weighted by molar-refractivity contribution is 5.82. The Morgan fingerprint density at radius 2 is 1.95 bits per heavy atom. The maximum Gasteiger partial charge on any atom is 0.332 e. The van der Waals surface area contributed by atoms with E-state index in [0.717, 1.165) is 23.9 Å². The van der Waals surface area contributed by atoms with Gasteiger partial charge in [-0.3, -0.25) is 9.36 Å². The molecule has 194 valence electrons. The van der Waals surface area contributed by atoms with Crippen LogP contribution in [0.1, 0.15) is 31.4 Å². The van der Waals surface area contributed by atoms with Crippen molar-refractivity contribution in [2.45, 2.75) is 56.0 Å². The lowest BCUT2D eigenvalue weighted by atomic mass is 9.69. The van der Waals surface area contributed by atoms with Gasteiger partial charge in [-0.05, 0) is 49.9 Å². The third-order valence-corrected chi connectivity index (χ3v) is 7.86. The Morgan fingerprint density at radius 3 is 2.70 bits per heavy atom. The highest BCUT2D eigenvalue weighted by Crippen LogP contribution is 2.46. The molecule has 1 atom stereocenters. The number of hydrogen-bond donors (Lipinski definition) is 3. The van der Waals surface area contributed by atoms with Gasteiger partial charge in [0.1, 0.15) is 18.3 Å². The standard InChI is InChI=1S/C26H29N5O6/c1-35-20-6-2-16-3-7-21(33)31(23(16)30-20)14-19(32)26-10-8-25(9-11-26,15-36-26)28-12-17-4-5-18-24(29-17)37-22(34)13-27-18/h2-7,19,27-28,32H,8-15H2,1H3.